The van der Waals surface area contributed by atoms with E-state index in [0.29, 0.717) is 6.42 Å². The van der Waals surface area contributed by atoms with Crippen LogP contribution in [0.1, 0.15) is 12.0 Å². The summed E-state index contributed by atoms with van der Waals surface area (Å²) in [5.74, 6) is 0.896. The van der Waals surface area contributed by atoms with E-state index in [-0.39, 0.29) is 6.61 Å². The summed E-state index contributed by atoms with van der Waals surface area (Å²) in [5, 5.41) is 11.8. The lowest BCUT2D eigenvalue weighted by atomic mass is 10.1. The Kier molecular flexibility index (Phi) is 5.81. The molecule has 0 aliphatic rings. The van der Waals surface area contributed by atoms with Gasteiger partial charge in [0.15, 0.2) is 0 Å². The molecule has 0 atom stereocenters. The van der Waals surface area contributed by atoms with Crippen LogP contribution < -0.4 is 10.1 Å². The van der Waals surface area contributed by atoms with Crippen LogP contribution in [0.25, 0.3) is 0 Å². The molecule has 0 aliphatic heterocycles. The van der Waals surface area contributed by atoms with Crippen LogP contribution in [0.2, 0.25) is 0 Å². The maximum atomic E-state index is 8.75. The highest BCUT2D eigenvalue weighted by Gasteiger charge is 1.95. The van der Waals surface area contributed by atoms with Crippen molar-refractivity contribution in [3.8, 4) is 5.75 Å². The monoisotopic (exact) mass is 209 g/mol. The lowest BCUT2D eigenvalue weighted by Crippen LogP contribution is -2.11. The fourth-order valence-corrected chi connectivity index (χ4v) is 1.32. The maximum Gasteiger partial charge on any atom is 0.119 e. The zero-order valence-electron chi connectivity index (χ0n) is 9.20. The third kappa shape index (κ3) is 4.81. The second kappa shape index (κ2) is 7.26. The van der Waals surface area contributed by atoms with Gasteiger partial charge in [0.25, 0.3) is 0 Å². The molecule has 2 N–H and O–H groups in total. The lowest BCUT2D eigenvalue weighted by Gasteiger charge is -2.06. The number of hydrogen-bond acceptors (Lipinski definition) is 3. The van der Waals surface area contributed by atoms with Crippen LogP contribution in [0, 0.1) is 0 Å². The standard InChI is InChI=1S/C12H19NO2/c1-13-8-2-10-15-12-5-3-11(4-6-12)7-9-14/h3-6,13-14H,2,7-10H2,1H3. The summed E-state index contributed by atoms with van der Waals surface area (Å²) in [7, 11) is 1.93. The maximum absolute atomic E-state index is 8.75. The van der Waals surface area contributed by atoms with E-state index < -0.39 is 0 Å². The molecule has 0 saturated heterocycles. The molecule has 0 heterocycles. The number of ether oxygens (including phenoxy) is 1. The second-order valence-corrected chi connectivity index (χ2v) is 3.42. The van der Waals surface area contributed by atoms with Gasteiger partial charge in [0, 0.05) is 6.61 Å². The van der Waals surface area contributed by atoms with Crippen LogP contribution in [0.3, 0.4) is 0 Å². The third-order valence-corrected chi connectivity index (χ3v) is 2.16. The van der Waals surface area contributed by atoms with Crippen LogP contribution in [-0.4, -0.2) is 31.9 Å². The van der Waals surface area contributed by atoms with Crippen LogP contribution in [0.15, 0.2) is 24.3 Å². The first kappa shape index (κ1) is 12.0. The summed E-state index contributed by atoms with van der Waals surface area (Å²) in [5.41, 5.74) is 1.14. The number of hydrogen-bond donors (Lipinski definition) is 2. The van der Waals surface area contributed by atoms with Gasteiger partial charge in [0.1, 0.15) is 5.75 Å². The largest absolute Gasteiger partial charge is 0.494 e. The minimum absolute atomic E-state index is 0.197. The second-order valence-electron chi connectivity index (χ2n) is 3.42. The van der Waals surface area contributed by atoms with Gasteiger partial charge in [0.05, 0.1) is 6.61 Å². The molecule has 0 aromatic heterocycles. The minimum Gasteiger partial charge on any atom is -0.494 e. The third-order valence-electron chi connectivity index (χ3n) is 2.16. The van der Waals surface area contributed by atoms with Crippen LogP contribution in [0.4, 0.5) is 0 Å². The van der Waals surface area contributed by atoms with Gasteiger partial charge in [0.2, 0.25) is 0 Å². The van der Waals surface area contributed by atoms with Crippen molar-refractivity contribution in [2.75, 3.05) is 26.8 Å². The summed E-state index contributed by atoms with van der Waals surface area (Å²) in [6.07, 6.45) is 1.72. The highest BCUT2D eigenvalue weighted by atomic mass is 16.5. The molecule has 1 rings (SSSR count). The predicted octanol–water partition coefficient (Wildman–Crippen LogP) is 1.21. The van der Waals surface area contributed by atoms with Crippen molar-refractivity contribution >= 4 is 0 Å². The van der Waals surface area contributed by atoms with Crippen molar-refractivity contribution in [2.24, 2.45) is 0 Å². The fourth-order valence-electron chi connectivity index (χ4n) is 1.32. The molecule has 3 heteroatoms. The zero-order valence-corrected chi connectivity index (χ0v) is 9.20. The summed E-state index contributed by atoms with van der Waals surface area (Å²) in [4.78, 5) is 0. The molecule has 84 valence electrons. The molecule has 0 fully saturated rings. The van der Waals surface area contributed by atoms with Crippen molar-refractivity contribution < 1.29 is 9.84 Å². The van der Waals surface area contributed by atoms with Gasteiger partial charge in [-0.1, -0.05) is 12.1 Å². The highest BCUT2D eigenvalue weighted by molar-refractivity contribution is 5.27. The molecule has 0 amide bonds. The lowest BCUT2D eigenvalue weighted by molar-refractivity contribution is 0.299. The molecule has 0 unspecified atom stereocenters. The van der Waals surface area contributed by atoms with Crippen molar-refractivity contribution in [1.29, 1.82) is 0 Å². The fraction of sp³-hybridized carbons (Fsp3) is 0.500. The molecule has 0 radical (unpaired) electrons. The van der Waals surface area contributed by atoms with Gasteiger partial charge in [-0.3, -0.25) is 0 Å². The minimum atomic E-state index is 0.197. The summed E-state index contributed by atoms with van der Waals surface area (Å²) in [6, 6.07) is 7.88. The van der Waals surface area contributed by atoms with E-state index in [1.54, 1.807) is 0 Å². The number of aliphatic hydroxyl groups is 1. The van der Waals surface area contributed by atoms with Crippen LogP contribution >= 0.6 is 0 Å². The van der Waals surface area contributed by atoms with E-state index in [0.717, 1.165) is 30.9 Å². The van der Waals surface area contributed by atoms with Crippen molar-refractivity contribution in [2.45, 2.75) is 12.8 Å². The van der Waals surface area contributed by atoms with E-state index in [2.05, 4.69) is 5.32 Å². The molecular weight excluding hydrogens is 190 g/mol. The van der Waals surface area contributed by atoms with E-state index in [1.807, 2.05) is 31.3 Å². The average molecular weight is 209 g/mol. The van der Waals surface area contributed by atoms with Crippen LogP contribution in [-0.2, 0) is 6.42 Å². The molecule has 0 saturated carbocycles. The van der Waals surface area contributed by atoms with E-state index in [4.69, 9.17) is 9.84 Å². The first-order valence-electron chi connectivity index (χ1n) is 5.34. The molecule has 0 bridgehead atoms. The molecule has 1 aromatic carbocycles. The Hall–Kier alpha value is -1.06. The summed E-state index contributed by atoms with van der Waals surface area (Å²) in [6.45, 7) is 1.91. The Morgan fingerprint density at radius 3 is 2.60 bits per heavy atom. The normalized spacial score (nSPS) is 10.3. The van der Waals surface area contributed by atoms with Crippen molar-refractivity contribution in [3.05, 3.63) is 29.8 Å². The first-order valence-corrected chi connectivity index (χ1v) is 5.34. The molecule has 0 spiro atoms. The average Bonchev–Trinajstić information content (AvgIpc) is 2.27. The van der Waals surface area contributed by atoms with Gasteiger partial charge in [-0.2, -0.15) is 0 Å². The number of benzene rings is 1. The van der Waals surface area contributed by atoms with Gasteiger partial charge in [-0.25, -0.2) is 0 Å². The Morgan fingerprint density at radius 2 is 2.00 bits per heavy atom. The zero-order chi connectivity index (χ0) is 10.9. The number of aliphatic hydroxyl groups excluding tert-OH is 1. The van der Waals surface area contributed by atoms with E-state index in [1.165, 1.54) is 0 Å². The Morgan fingerprint density at radius 1 is 1.27 bits per heavy atom. The predicted molar refractivity (Wildman–Crippen MR) is 61.3 cm³/mol. The Bertz CT molecular complexity index is 259. The van der Waals surface area contributed by atoms with Gasteiger partial charge >= 0.3 is 0 Å². The highest BCUT2D eigenvalue weighted by Crippen LogP contribution is 2.12. The molecule has 3 nitrogen and oxygen atoms in total. The van der Waals surface area contributed by atoms with Crippen molar-refractivity contribution in [3.63, 3.8) is 0 Å². The molecule has 0 aliphatic carbocycles. The molecular formula is C12H19NO2. The number of rotatable bonds is 7. The number of nitrogens with one attached hydrogen (secondary N) is 1. The smallest absolute Gasteiger partial charge is 0.119 e. The van der Waals surface area contributed by atoms with Crippen LogP contribution in [0.5, 0.6) is 5.75 Å². The van der Waals surface area contributed by atoms with Gasteiger partial charge < -0.3 is 15.2 Å². The molecule has 1 aromatic rings. The Balaban J connectivity index is 2.29. The first-order chi connectivity index (χ1) is 7.36. The van der Waals surface area contributed by atoms with E-state index in [9.17, 15) is 0 Å². The summed E-state index contributed by atoms with van der Waals surface area (Å²) >= 11 is 0. The topological polar surface area (TPSA) is 41.5 Å². The van der Waals surface area contributed by atoms with Gasteiger partial charge in [-0.15, -0.1) is 0 Å². The quantitative estimate of drug-likeness (QED) is 0.663. The van der Waals surface area contributed by atoms with E-state index >= 15 is 0 Å². The molecule has 15 heavy (non-hydrogen) atoms. The van der Waals surface area contributed by atoms with Gasteiger partial charge in [-0.05, 0) is 44.1 Å². The Labute approximate surface area is 91.1 Å². The SMILES string of the molecule is CNCCCOc1ccc(CCO)cc1. The van der Waals surface area contributed by atoms with Crippen molar-refractivity contribution in [1.82, 2.24) is 5.32 Å². The summed E-state index contributed by atoms with van der Waals surface area (Å²) < 4.78 is 5.54.